The zero-order chi connectivity index (χ0) is 13.9. The van der Waals surface area contributed by atoms with Crippen molar-refractivity contribution < 1.29 is 0 Å². The molecule has 0 aromatic heterocycles. The minimum atomic E-state index is 0.682. The Morgan fingerprint density at radius 2 is 1.90 bits per heavy atom. The fourth-order valence-electron chi connectivity index (χ4n) is 3.78. The van der Waals surface area contributed by atoms with Gasteiger partial charge in [-0.25, -0.2) is 0 Å². The summed E-state index contributed by atoms with van der Waals surface area (Å²) in [5.74, 6) is 0.870. The maximum Gasteiger partial charge on any atom is 0.173 e. The number of fused-ring (bicyclic) bond motifs is 1. The van der Waals surface area contributed by atoms with E-state index in [4.69, 9.17) is 12.2 Å². The summed E-state index contributed by atoms with van der Waals surface area (Å²) in [5.41, 5.74) is 2.41. The van der Waals surface area contributed by atoms with E-state index in [0.717, 1.165) is 23.3 Å². The highest BCUT2D eigenvalue weighted by Crippen LogP contribution is 2.35. The minimum absolute atomic E-state index is 0.682. The Bertz CT molecular complexity index is 484. The fourth-order valence-corrected chi connectivity index (χ4v) is 4.11. The highest BCUT2D eigenvalue weighted by Gasteiger charge is 2.34. The second-order valence-corrected chi connectivity index (χ2v) is 6.58. The molecule has 1 aromatic carbocycles. The number of hydrogen-bond donors (Lipinski definition) is 1. The van der Waals surface area contributed by atoms with Gasteiger partial charge in [-0.2, -0.15) is 0 Å². The standard InChI is InChI=1S/C17H24N2S/c1-13-7-2-4-10-15(13)18-17(20)19-12-6-9-14-8-3-5-11-16(14)19/h2,4,7,10,14,16H,3,5-6,8-9,11-12H2,1H3,(H,18,20)/t14-,16-/m0/s1. The molecular formula is C17H24N2S. The van der Waals surface area contributed by atoms with E-state index in [1.807, 2.05) is 0 Å². The summed E-state index contributed by atoms with van der Waals surface area (Å²) >= 11 is 5.70. The van der Waals surface area contributed by atoms with Crippen molar-refractivity contribution >= 4 is 23.0 Å². The van der Waals surface area contributed by atoms with Crippen molar-refractivity contribution in [2.24, 2.45) is 5.92 Å². The van der Waals surface area contributed by atoms with Gasteiger partial charge in [0.05, 0.1) is 0 Å². The lowest BCUT2D eigenvalue weighted by molar-refractivity contribution is 0.121. The zero-order valence-corrected chi connectivity index (χ0v) is 13.1. The van der Waals surface area contributed by atoms with Crippen LogP contribution in [0, 0.1) is 12.8 Å². The van der Waals surface area contributed by atoms with Gasteiger partial charge < -0.3 is 10.2 Å². The molecule has 3 rings (SSSR count). The summed E-state index contributed by atoms with van der Waals surface area (Å²) in [4.78, 5) is 2.47. The Morgan fingerprint density at radius 3 is 2.75 bits per heavy atom. The summed E-state index contributed by atoms with van der Waals surface area (Å²) in [7, 11) is 0. The largest absolute Gasteiger partial charge is 0.346 e. The molecule has 0 radical (unpaired) electrons. The van der Waals surface area contributed by atoms with Gasteiger partial charge in [0.25, 0.3) is 0 Å². The number of thiocarbonyl (C=S) groups is 1. The molecule has 2 aliphatic rings. The van der Waals surface area contributed by atoms with Gasteiger partial charge in [-0.15, -0.1) is 0 Å². The first-order valence-corrected chi connectivity index (χ1v) is 8.30. The van der Waals surface area contributed by atoms with E-state index in [9.17, 15) is 0 Å². The molecule has 1 aliphatic carbocycles. The van der Waals surface area contributed by atoms with Gasteiger partial charge in [0.1, 0.15) is 0 Å². The molecule has 3 heteroatoms. The third-order valence-corrected chi connectivity index (χ3v) is 5.23. The molecule has 0 unspecified atom stereocenters. The second kappa shape index (κ2) is 6.13. The van der Waals surface area contributed by atoms with E-state index < -0.39 is 0 Å². The molecular weight excluding hydrogens is 264 g/mol. The van der Waals surface area contributed by atoms with Crippen molar-refractivity contribution in [3.8, 4) is 0 Å². The van der Waals surface area contributed by atoms with Gasteiger partial charge in [-0.3, -0.25) is 0 Å². The van der Waals surface area contributed by atoms with Crippen LogP contribution in [0.2, 0.25) is 0 Å². The summed E-state index contributed by atoms with van der Waals surface area (Å²) in [6, 6.07) is 9.06. The van der Waals surface area contributed by atoms with Crippen molar-refractivity contribution in [1.82, 2.24) is 4.90 Å². The molecule has 2 nitrogen and oxygen atoms in total. The maximum atomic E-state index is 5.70. The predicted molar refractivity (Wildman–Crippen MR) is 89.1 cm³/mol. The summed E-state index contributed by atoms with van der Waals surface area (Å²) in [6.07, 6.45) is 8.18. The summed E-state index contributed by atoms with van der Waals surface area (Å²) in [5, 5.41) is 4.40. The van der Waals surface area contributed by atoms with Crippen LogP contribution in [0.25, 0.3) is 0 Å². The van der Waals surface area contributed by atoms with Gasteiger partial charge in [0.2, 0.25) is 0 Å². The fraction of sp³-hybridized carbons (Fsp3) is 0.588. The molecule has 1 N–H and O–H groups in total. The SMILES string of the molecule is Cc1ccccc1NC(=S)N1CCC[C@@H]2CCCC[C@@H]21. The molecule has 1 aromatic rings. The number of aryl methyl sites for hydroxylation is 1. The lowest BCUT2D eigenvalue weighted by atomic mass is 9.78. The van der Waals surface area contributed by atoms with Gasteiger partial charge >= 0.3 is 0 Å². The minimum Gasteiger partial charge on any atom is -0.346 e. The van der Waals surface area contributed by atoms with Crippen LogP contribution < -0.4 is 5.32 Å². The molecule has 2 fully saturated rings. The van der Waals surface area contributed by atoms with Gasteiger partial charge in [0.15, 0.2) is 5.11 Å². The maximum absolute atomic E-state index is 5.70. The Labute approximate surface area is 127 Å². The number of hydrogen-bond acceptors (Lipinski definition) is 1. The molecule has 1 heterocycles. The van der Waals surface area contributed by atoms with Crippen molar-refractivity contribution in [2.75, 3.05) is 11.9 Å². The molecule has 0 amide bonds. The predicted octanol–water partition coefficient (Wildman–Crippen LogP) is 4.35. The molecule has 0 bridgehead atoms. The van der Waals surface area contributed by atoms with Crippen LogP contribution in [0.1, 0.15) is 44.1 Å². The van der Waals surface area contributed by atoms with Gasteiger partial charge in [-0.05, 0) is 62.4 Å². The third-order valence-electron chi connectivity index (χ3n) is 4.89. The molecule has 0 spiro atoms. The quantitative estimate of drug-likeness (QED) is 0.774. The second-order valence-electron chi connectivity index (χ2n) is 6.19. The van der Waals surface area contributed by atoms with Crippen molar-refractivity contribution in [3.63, 3.8) is 0 Å². The van der Waals surface area contributed by atoms with E-state index in [1.54, 1.807) is 0 Å². The highest BCUT2D eigenvalue weighted by molar-refractivity contribution is 7.80. The van der Waals surface area contributed by atoms with Crippen molar-refractivity contribution in [2.45, 2.75) is 51.5 Å². The zero-order valence-electron chi connectivity index (χ0n) is 12.3. The van der Waals surface area contributed by atoms with Crippen LogP contribution in [-0.2, 0) is 0 Å². The number of rotatable bonds is 1. The molecule has 20 heavy (non-hydrogen) atoms. The van der Waals surface area contributed by atoms with E-state index in [1.165, 1.54) is 44.1 Å². The van der Waals surface area contributed by atoms with Crippen molar-refractivity contribution in [1.29, 1.82) is 0 Å². The number of likely N-dealkylation sites (tertiary alicyclic amines) is 1. The monoisotopic (exact) mass is 288 g/mol. The van der Waals surface area contributed by atoms with Gasteiger partial charge in [0, 0.05) is 18.3 Å². The van der Waals surface area contributed by atoms with E-state index in [0.29, 0.717) is 6.04 Å². The van der Waals surface area contributed by atoms with Crippen LogP contribution in [0.3, 0.4) is 0 Å². The van der Waals surface area contributed by atoms with E-state index in [2.05, 4.69) is 41.4 Å². The Hall–Kier alpha value is -1.09. The number of nitrogens with zero attached hydrogens (tertiary/aromatic N) is 1. The number of anilines is 1. The van der Waals surface area contributed by atoms with Crippen molar-refractivity contribution in [3.05, 3.63) is 29.8 Å². The van der Waals surface area contributed by atoms with E-state index >= 15 is 0 Å². The number of para-hydroxylation sites is 1. The van der Waals surface area contributed by atoms with Crippen LogP contribution in [-0.4, -0.2) is 22.6 Å². The van der Waals surface area contributed by atoms with Gasteiger partial charge in [-0.1, -0.05) is 31.0 Å². The summed E-state index contributed by atoms with van der Waals surface area (Å²) in [6.45, 7) is 3.25. The average Bonchev–Trinajstić information content (AvgIpc) is 2.49. The average molecular weight is 288 g/mol. The molecule has 1 saturated carbocycles. The van der Waals surface area contributed by atoms with Crippen LogP contribution >= 0.6 is 12.2 Å². The first-order chi connectivity index (χ1) is 9.75. The van der Waals surface area contributed by atoms with Crippen LogP contribution in [0.4, 0.5) is 5.69 Å². The molecule has 108 valence electrons. The lowest BCUT2D eigenvalue weighted by Crippen LogP contribution is -2.51. The Kier molecular flexibility index (Phi) is 4.25. The molecule has 1 aliphatic heterocycles. The van der Waals surface area contributed by atoms with Crippen LogP contribution in [0.5, 0.6) is 0 Å². The number of benzene rings is 1. The smallest absolute Gasteiger partial charge is 0.173 e. The lowest BCUT2D eigenvalue weighted by Gasteiger charge is -2.45. The summed E-state index contributed by atoms with van der Waals surface area (Å²) < 4.78 is 0. The Balaban J connectivity index is 1.71. The molecule has 2 atom stereocenters. The third kappa shape index (κ3) is 2.83. The number of nitrogens with one attached hydrogen (secondary N) is 1. The Morgan fingerprint density at radius 1 is 1.15 bits per heavy atom. The van der Waals surface area contributed by atoms with Crippen LogP contribution in [0.15, 0.2) is 24.3 Å². The molecule has 1 saturated heterocycles. The topological polar surface area (TPSA) is 15.3 Å². The number of piperidine rings is 1. The highest BCUT2D eigenvalue weighted by atomic mass is 32.1. The normalized spacial score (nSPS) is 25.9. The first-order valence-electron chi connectivity index (χ1n) is 7.89. The van der Waals surface area contributed by atoms with E-state index in [-0.39, 0.29) is 0 Å². The first kappa shape index (κ1) is 13.9.